The van der Waals surface area contributed by atoms with Gasteiger partial charge in [-0.05, 0) is 43.9 Å². The molecule has 1 aromatic heterocycles. The summed E-state index contributed by atoms with van der Waals surface area (Å²) >= 11 is 0. The van der Waals surface area contributed by atoms with E-state index in [1.807, 2.05) is 51.5 Å². The molecule has 1 heterocycles. The van der Waals surface area contributed by atoms with Gasteiger partial charge in [0, 0.05) is 25.4 Å². The second-order valence-corrected chi connectivity index (χ2v) is 5.02. The van der Waals surface area contributed by atoms with Gasteiger partial charge in [0.05, 0.1) is 5.69 Å². The Balaban J connectivity index is 2.13. The lowest BCUT2D eigenvalue weighted by Crippen LogP contribution is -2.11. The van der Waals surface area contributed by atoms with E-state index in [-0.39, 0.29) is 5.78 Å². The first-order valence-corrected chi connectivity index (χ1v) is 6.50. The van der Waals surface area contributed by atoms with Crippen LogP contribution in [0.2, 0.25) is 0 Å². The Labute approximate surface area is 119 Å². The highest BCUT2D eigenvalue weighted by Gasteiger charge is 2.04. The van der Waals surface area contributed by atoms with Crippen molar-refractivity contribution < 1.29 is 4.79 Å². The number of rotatable bonds is 5. The van der Waals surface area contributed by atoms with E-state index < -0.39 is 0 Å². The molecule has 0 amide bonds. The molecule has 0 aliphatic rings. The fourth-order valence-corrected chi connectivity index (χ4v) is 1.99. The molecule has 2 rings (SSSR count). The molecule has 0 aliphatic heterocycles. The van der Waals surface area contributed by atoms with Crippen molar-refractivity contribution >= 4 is 11.9 Å². The molecule has 104 valence electrons. The molecule has 20 heavy (non-hydrogen) atoms. The zero-order valence-electron chi connectivity index (χ0n) is 12.1. The lowest BCUT2D eigenvalue weighted by atomic mass is 10.1. The highest BCUT2D eigenvalue weighted by atomic mass is 16.1. The van der Waals surface area contributed by atoms with Crippen molar-refractivity contribution in [2.45, 2.75) is 6.54 Å². The number of allylic oxidation sites excluding steroid dienone is 1. The standard InChI is InChI=1S/C16H19N3O/c1-18(2)12-13-5-4-6-14(11-13)16(20)8-7-15-9-10-17-19(15)3/h4-11H,12H2,1-3H3/b8-7+. The molecule has 4 heteroatoms. The van der Waals surface area contributed by atoms with Gasteiger partial charge in [0.2, 0.25) is 0 Å². The maximum Gasteiger partial charge on any atom is 0.185 e. The topological polar surface area (TPSA) is 38.1 Å². The summed E-state index contributed by atoms with van der Waals surface area (Å²) in [6.45, 7) is 0.826. The monoisotopic (exact) mass is 269 g/mol. The number of aromatic nitrogens is 2. The average molecular weight is 269 g/mol. The normalized spacial score (nSPS) is 11.4. The average Bonchev–Trinajstić information content (AvgIpc) is 2.81. The van der Waals surface area contributed by atoms with Crippen molar-refractivity contribution in [3.05, 3.63) is 59.4 Å². The summed E-state index contributed by atoms with van der Waals surface area (Å²) in [5.74, 6) is 0.00630. The van der Waals surface area contributed by atoms with Gasteiger partial charge in [0.25, 0.3) is 0 Å². The smallest absolute Gasteiger partial charge is 0.185 e. The number of hydrogen-bond donors (Lipinski definition) is 0. The largest absolute Gasteiger partial charge is 0.305 e. The predicted octanol–water partition coefficient (Wildman–Crippen LogP) is 2.38. The van der Waals surface area contributed by atoms with Crippen LogP contribution in [0.3, 0.4) is 0 Å². The van der Waals surface area contributed by atoms with E-state index in [0.29, 0.717) is 5.56 Å². The number of aryl methyl sites for hydroxylation is 1. The van der Waals surface area contributed by atoms with Crippen molar-refractivity contribution in [2.24, 2.45) is 7.05 Å². The third kappa shape index (κ3) is 3.65. The minimum absolute atomic E-state index is 0.00630. The molecule has 0 aliphatic carbocycles. The van der Waals surface area contributed by atoms with E-state index in [4.69, 9.17) is 0 Å². The van der Waals surface area contributed by atoms with Gasteiger partial charge in [-0.2, -0.15) is 5.10 Å². The van der Waals surface area contributed by atoms with Crippen LogP contribution in [-0.2, 0) is 13.6 Å². The molecule has 0 saturated heterocycles. The van der Waals surface area contributed by atoms with E-state index in [2.05, 4.69) is 10.00 Å². The Hall–Kier alpha value is -2.20. The van der Waals surface area contributed by atoms with Crippen LogP contribution in [0.25, 0.3) is 6.08 Å². The Bertz CT molecular complexity index is 626. The molecule has 4 nitrogen and oxygen atoms in total. The van der Waals surface area contributed by atoms with Crippen molar-refractivity contribution in [3.8, 4) is 0 Å². The van der Waals surface area contributed by atoms with Crippen molar-refractivity contribution in [1.29, 1.82) is 0 Å². The van der Waals surface area contributed by atoms with E-state index in [1.54, 1.807) is 23.0 Å². The van der Waals surface area contributed by atoms with Crippen LogP contribution < -0.4 is 0 Å². The highest BCUT2D eigenvalue weighted by molar-refractivity contribution is 6.06. The van der Waals surface area contributed by atoms with Gasteiger partial charge in [0.1, 0.15) is 0 Å². The predicted molar refractivity (Wildman–Crippen MR) is 80.4 cm³/mol. The summed E-state index contributed by atoms with van der Waals surface area (Å²) in [5.41, 5.74) is 2.75. The zero-order valence-corrected chi connectivity index (χ0v) is 12.1. The third-order valence-corrected chi connectivity index (χ3v) is 2.97. The number of ketones is 1. The Kier molecular flexibility index (Phi) is 4.48. The van der Waals surface area contributed by atoms with Crippen LogP contribution in [0.1, 0.15) is 21.6 Å². The third-order valence-electron chi connectivity index (χ3n) is 2.97. The lowest BCUT2D eigenvalue weighted by Gasteiger charge is -2.09. The minimum Gasteiger partial charge on any atom is -0.305 e. The fraction of sp³-hybridized carbons (Fsp3) is 0.250. The second kappa shape index (κ2) is 6.30. The number of carbonyl (C=O) groups is 1. The van der Waals surface area contributed by atoms with Gasteiger partial charge in [0.15, 0.2) is 5.78 Å². The molecule has 0 bridgehead atoms. The number of carbonyl (C=O) groups excluding carboxylic acids is 1. The quantitative estimate of drug-likeness (QED) is 0.618. The van der Waals surface area contributed by atoms with Crippen LogP contribution in [0.5, 0.6) is 0 Å². The van der Waals surface area contributed by atoms with E-state index in [9.17, 15) is 4.79 Å². The van der Waals surface area contributed by atoms with Gasteiger partial charge in [-0.15, -0.1) is 0 Å². The lowest BCUT2D eigenvalue weighted by molar-refractivity contribution is 0.104. The molecule has 0 atom stereocenters. The first-order chi connectivity index (χ1) is 9.56. The van der Waals surface area contributed by atoms with E-state index >= 15 is 0 Å². The molecule has 0 N–H and O–H groups in total. The molecule has 0 fully saturated rings. The maximum atomic E-state index is 12.2. The maximum absolute atomic E-state index is 12.2. The van der Waals surface area contributed by atoms with Gasteiger partial charge in [-0.25, -0.2) is 0 Å². The molecule has 0 radical (unpaired) electrons. The van der Waals surface area contributed by atoms with Gasteiger partial charge in [-0.1, -0.05) is 18.2 Å². The number of benzene rings is 1. The first kappa shape index (κ1) is 14.2. The number of hydrogen-bond acceptors (Lipinski definition) is 3. The highest BCUT2D eigenvalue weighted by Crippen LogP contribution is 2.09. The Morgan fingerprint density at radius 2 is 2.15 bits per heavy atom. The molecule has 0 unspecified atom stereocenters. The minimum atomic E-state index is 0.00630. The molecule has 1 aromatic carbocycles. The zero-order chi connectivity index (χ0) is 14.5. The number of nitrogens with zero attached hydrogens (tertiary/aromatic N) is 3. The van der Waals surface area contributed by atoms with Crippen molar-refractivity contribution in [2.75, 3.05) is 14.1 Å². The summed E-state index contributed by atoms with van der Waals surface area (Å²) in [4.78, 5) is 14.2. The van der Waals surface area contributed by atoms with Gasteiger partial charge < -0.3 is 4.90 Å². The van der Waals surface area contributed by atoms with Gasteiger partial charge in [-0.3, -0.25) is 9.48 Å². The van der Waals surface area contributed by atoms with E-state index in [1.165, 1.54) is 0 Å². The SMILES string of the molecule is CN(C)Cc1cccc(C(=O)/C=C/c2ccnn2C)c1. The molecule has 0 spiro atoms. The Morgan fingerprint density at radius 3 is 2.80 bits per heavy atom. The van der Waals surface area contributed by atoms with Crippen LogP contribution in [0.4, 0.5) is 0 Å². The summed E-state index contributed by atoms with van der Waals surface area (Å²) in [7, 11) is 5.87. The van der Waals surface area contributed by atoms with Crippen LogP contribution in [-0.4, -0.2) is 34.6 Å². The summed E-state index contributed by atoms with van der Waals surface area (Å²) in [6.07, 6.45) is 5.08. The molecular weight excluding hydrogens is 250 g/mol. The van der Waals surface area contributed by atoms with Gasteiger partial charge >= 0.3 is 0 Å². The van der Waals surface area contributed by atoms with Crippen LogP contribution in [0, 0.1) is 0 Å². The summed E-state index contributed by atoms with van der Waals surface area (Å²) in [6, 6.07) is 9.60. The van der Waals surface area contributed by atoms with Crippen molar-refractivity contribution in [1.82, 2.24) is 14.7 Å². The first-order valence-electron chi connectivity index (χ1n) is 6.50. The summed E-state index contributed by atoms with van der Waals surface area (Å²) < 4.78 is 1.73. The summed E-state index contributed by atoms with van der Waals surface area (Å²) in [5, 5.41) is 4.06. The molecule has 0 saturated carbocycles. The van der Waals surface area contributed by atoms with Crippen molar-refractivity contribution in [3.63, 3.8) is 0 Å². The second-order valence-electron chi connectivity index (χ2n) is 5.02. The van der Waals surface area contributed by atoms with Crippen LogP contribution >= 0.6 is 0 Å². The molecular formula is C16H19N3O. The Morgan fingerprint density at radius 1 is 1.35 bits per heavy atom. The van der Waals surface area contributed by atoms with E-state index in [0.717, 1.165) is 17.8 Å². The molecule has 2 aromatic rings. The van der Waals surface area contributed by atoms with Crippen LogP contribution in [0.15, 0.2) is 42.6 Å². The fourth-order valence-electron chi connectivity index (χ4n) is 1.99.